The third-order valence-corrected chi connectivity index (χ3v) is 3.63. The molecule has 0 rings (SSSR count). The first kappa shape index (κ1) is 23.6. The molecular weight excluding hydrogens is 322 g/mol. The average Bonchev–Trinajstić information content (AvgIpc) is 2.43. The average molecular weight is 357 g/mol. The van der Waals surface area contributed by atoms with E-state index in [1.807, 2.05) is 21.1 Å². The maximum absolute atomic E-state index is 11.9. The van der Waals surface area contributed by atoms with Gasteiger partial charge in [0.15, 0.2) is 6.10 Å². The summed E-state index contributed by atoms with van der Waals surface area (Å²) in [6.45, 7) is 2.51. The number of quaternary nitrogens is 1. The smallest absolute Gasteiger partial charge is 0.308 e. The van der Waals surface area contributed by atoms with Crippen LogP contribution < -0.4 is 5.11 Å². The first-order valence-electron chi connectivity index (χ1n) is 9.17. The van der Waals surface area contributed by atoms with Crippen molar-refractivity contribution in [3.8, 4) is 0 Å². The Morgan fingerprint density at radius 1 is 1.12 bits per heavy atom. The fraction of sp³-hybridized carbons (Fsp3) is 0.789. The van der Waals surface area contributed by atoms with Crippen molar-refractivity contribution in [1.29, 1.82) is 0 Å². The molecule has 6 nitrogen and oxygen atoms in total. The summed E-state index contributed by atoms with van der Waals surface area (Å²) in [6, 6.07) is 0. The van der Waals surface area contributed by atoms with Crippen LogP contribution in [0.15, 0.2) is 12.2 Å². The van der Waals surface area contributed by atoms with Crippen molar-refractivity contribution in [2.75, 3.05) is 27.7 Å². The van der Waals surface area contributed by atoms with Gasteiger partial charge in [-0.05, 0) is 25.7 Å². The molecule has 0 aromatic rings. The number of carbonyl (C=O) groups is 2. The van der Waals surface area contributed by atoms with E-state index in [4.69, 9.17) is 4.74 Å². The van der Waals surface area contributed by atoms with Gasteiger partial charge in [0.1, 0.15) is 6.54 Å². The summed E-state index contributed by atoms with van der Waals surface area (Å²) in [6.07, 6.45) is 7.96. The van der Waals surface area contributed by atoms with E-state index in [0.717, 1.165) is 32.1 Å². The van der Waals surface area contributed by atoms with E-state index in [-0.39, 0.29) is 12.8 Å². The molecule has 0 aliphatic heterocycles. The number of ether oxygens (including phenoxy) is 1. The Morgan fingerprint density at radius 2 is 1.76 bits per heavy atom. The summed E-state index contributed by atoms with van der Waals surface area (Å²) >= 11 is 0. The molecular formula is C19H35NO5. The maximum Gasteiger partial charge on any atom is 0.308 e. The number of allylic oxidation sites excluding steroid dienone is 2. The lowest BCUT2D eigenvalue weighted by atomic mass is 10.1. The molecule has 0 bridgehead atoms. The number of unbranched alkanes of at least 4 members (excludes halogenated alkanes) is 3. The van der Waals surface area contributed by atoms with Gasteiger partial charge in [0.25, 0.3) is 0 Å². The Hall–Kier alpha value is -1.40. The number of carbonyl (C=O) groups excluding carboxylic acids is 2. The van der Waals surface area contributed by atoms with Crippen LogP contribution in [0, 0.1) is 0 Å². The summed E-state index contributed by atoms with van der Waals surface area (Å²) < 4.78 is 5.70. The minimum absolute atomic E-state index is 0.105. The third-order valence-electron chi connectivity index (χ3n) is 3.63. The number of esters is 1. The monoisotopic (exact) mass is 357 g/mol. The number of rotatable bonds is 14. The molecule has 0 saturated carbocycles. The molecule has 0 aromatic carbocycles. The molecule has 0 amide bonds. The van der Waals surface area contributed by atoms with Crippen LogP contribution >= 0.6 is 0 Å². The normalized spacial score (nSPS) is 14.4. The van der Waals surface area contributed by atoms with Crippen LogP contribution in [0.4, 0.5) is 0 Å². The Morgan fingerprint density at radius 3 is 2.32 bits per heavy atom. The topological polar surface area (TPSA) is 86.7 Å². The predicted octanol–water partition coefficient (Wildman–Crippen LogP) is 1.41. The van der Waals surface area contributed by atoms with Gasteiger partial charge < -0.3 is 24.2 Å². The third kappa shape index (κ3) is 15.8. The first-order chi connectivity index (χ1) is 11.6. The fourth-order valence-electron chi connectivity index (χ4n) is 2.51. The van der Waals surface area contributed by atoms with Crippen molar-refractivity contribution < 1.29 is 29.0 Å². The number of hydrogen-bond donors (Lipinski definition) is 1. The molecule has 0 radical (unpaired) electrons. The minimum Gasteiger partial charge on any atom is -0.550 e. The zero-order chi connectivity index (χ0) is 19.3. The van der Waals surface area contributed by atoms with Crippen molar-refractivity contribution in [3.05, 3.63) is 12.2 Å². The van der Waals surface area contributed by atoms with E-state index in [1.54, 1.807) is 0 Å². The SMILES string of the molecule is CCC/C=C/CCCCC(O)CC(=O)OC(CC(=O)[O-])C[N+](C)(C)C. The predicted molar refractivity (Wildman–Crippen MR) is 95.5 cm³/mol. The highest BCUT2D eigenvalue weighted by atomic mass is 16.5. The number of carboxylic acid groups (broad SMARTS) is 1. The van der Waals surface area contributed by atoms with E-state index in [2.05, 4.69) is 19.1 Å². The van der Waals surface area contributed by atoms with Gasteiger partial charge in [-0.25, -0.2) is 0 Å². The van der Waals surface area contributed by atoms with Gasteiger partial charge in [-0.15, -0.1) is 0 Å². The van der Waals surface area contributed by atoms with Crippen molar-refractivity contribution >= 4 is 11.9 Å². The van der Waals surface area contributed by atoms with Crippen LogP contribution in [0.25, 0.3) is 0 Å². The van der Waals surface area contributed by atoms with Crippen LogP contribution in [-0.2, 0) is 14.3 Å². The van der Waals surface area contributed by atoms with Crippen LogP contribution in [0.1, 0.15) is 58.3 Å². The molecule has 146 valence electrons. The number of aliphatic carboxylic acids is 1. The number of carboxylic acids is 1. The molecule has 0 spiro atoms. The maximum atomic E-state index is 11.9. The number of hydrogen-bond acceptors (Lipinski definition) is 5. The molecule has 0 saturated heterocycles. The van der Waals surface area contributed by atoms with E-state index in [9.17, 15) is 19.8 Å². The van der Waals surface area contributed by atoms with Crippen molar-refractivity contribution in [2.45, 2.75) is 70.5 Å². The summed E-state index contributed by atoms with van der Waals surface area (Å²) in [5.74, 6) is -1.81. The van der Waals surface area contributed by atoms with Gasteiger partial charge in [0.05, 0.1) is 33.7 Å². The lowest BCUT2D eigenvalue weighted by molar-refractivity contribution is -0.873. The fourth-order valence-corrected chi connectivity index (χ4v) is 2.51. The second kappa shape index (κ2) is 12.9. The van der Waals surface area contributed by atoms with Crippen LogP contribution in [0.5, 0.6) is 0 Å². The molecule has 2 atom stereocenters. The van der Waals surface area contributed by atoms with Gasteiger partial charge in [-0.1, -0.05) is 31.9 Å². The van der Waals surface area contributed by atoms with Crippen molar-refractivity contribution in [3.63, 3.8) is 0 Å². The highest BCUT2D eigenvalue weighted by Crippen LogP contribution is 2.11. The van der Waals surface area contributed by atoms with E-state index in [1.165, 1.54) is 0 Å². The van der Waals surface area contributed by atoms with Gasteiger partial charge >= 0.3 is 5.97 Å². The van der Waals surface area contributed by atoms with Gasteiger partial charge in [-0.2, -0.15) is 0 Å². The van der Waals surface area contributed by atoms with Crippen LogP contribution in [-0.4, -0.2) is 61.4 Å². The largest absolute Gasteiger partial charge is 0.550 e. The zero-order valence-corrected chi connectivity index (χ0v) is 16.2. The van der Waals surface area contributed by atoms with Gasteiger partial charge in [-0.3, -0.25) is 4.79 Å². The molecule has 1 N–H and O–H groups in total. The van der Waals surface area contributed by atoms with Crippen molar-refractivity contribution in [1.82, 2.24) is 0 Å². The van der Waals surface area contributed by atoms with Crippen LogP contribution in [0.3, 0.4) is 0 Å². The second-order valence-electron chi connectivity index (χ2n) is 7.56. The Kier molecular flexibility index (Phi) is 12.2. The van der Waals surface area contributed by atoms with Crippen LogP contribution in [0.2, 0.25) is 0 Å². The summed E-state index contributed by atoms with van der Waals surface area (Å²) in [5.41, 5.74) is 0. The molecule has 2 unspecified atom stereocenters. The zero-order valence-electron chi connectivity index (χ0n) is 16.2. The summed E-state index contributed by atoms with van der Waals surface area (Å²) in [7, 11) is 5.67. The molecule has 0 aliphatic rings. The summed E-state index contributed by atoms with van der Waals surface area (Å²) in [4.78, 5) is 22.7. The molecule has 0 aromatic heterocycles. The highest BCUT2D eigenvalue weighted by molar-refractivity contribution is 5.71. The lowest BCUT2D eigenvalue weighted by Crippen LogP contribution is -2.45. The highest BCUT2D eigenvalue weighted by Gasteiger charge is 2.23. The molecule has 0 aliphatic carbocycles. The van der Waals surface area contributed by atoms with Crippen molar-refractivity contribution in [2.24, 2.45) is 0 Å². The van der Waals surface area contributed by atoms with Gasteiger partial charge in [0.2, 0.25) is 0 Å². The number of nitrogens with zero attached hydrogens (tertiary/aromatic N) is 1. The Balaban J connectivity index is 4.12. The molecule has 25 heavy (non-hydrogen) atoms. The number of likely N-dealkylation sites (N-methyl/N-ethyl adjacent to an activating group) is 1. The second-order valence-corrected chi connectivity index (χ2v) is 7.56. The van der Waals surface area contributed by atoms with E-state index < -0.39 is 24.1 Å². The molecule has 0 fully saturated rings. The summed E-state index contributed by atoms with van der Waals surface area (Å²) in [5, 5.41) is 20.7. The number of aliphatic hydroxyl groups is 1. The molecule has 6 heteroatoms. The van der Waals surface area contributed by atoms with E-state index in [0.29, 0.717) is 17.4 Å². The minimum atomic E-state index is -1.25. The quantitative estimate of drug-likeness (QED) is 0.220. The van der Waals surface area contributed by atoms with E-state index >= 15 is 0 Å². The number of aliphatic hydroxyl groups excluding tert-OH is 1. The Labute approximate surface area is 152 Å². The Bertz CT molecular complexity index is 415. The lowest BCUT2D eigenvalue weighted by Gasteiger charge is -2.29. The molecule has 0 heterocycles. The standard InChI is InChI=1S/C19H35NO5/c1-5-6-7-8-9-10-11-12-16(21)13-19(24)25-17(14-18(22)23)15-20(2,3)4/h7-8,16-17,21H,5-6,9-15H2,1-4H3/b8-7+. The van der Waals surface area contributed by atoms with Gasteiger partial charge in [0, 0.05) is 12.4 Å². The first-order valence-corrected chi connectivity index (χ1v) is 9.17.